The fraction of sp³-hybridized carbons (Fsp3) is 0.412. The Morgan fingerprint density at radius 1 is 1.00 bits per heavy atom. The summed E-state index contributed by atoms with van der Waals surface area (Å²) in [6.45, 7) is 5.20. The molecular formula is C17H22N4O2. The summed E-state index contributed by atoms with van der Waals surface area (Å²) in [4.78, 5) is 13.1. The van der Waals surface area contributed by atoms with E-state index < -0.39 is 0 Å². The lowest BCUT2D eigenvalue weighted by molar-refractivity contribution is 0.147. The molecule has 6 heteroatoms. The molecule has 3 rings (SSSR count). The quantitative estimate of drug-likeness (QED) is 0.841. The highest BCUT2D eigenvalue weighted by molar-refractivity contribution is 5.38. The molecule has 0 N–H and O–H groups in total. The number of benzene rings is 1. The summed E-state index contributed by atoms with van der Waals surface area (Å²) in [6, 6.07) is 8.05. The molecule has 2 heterocycles. The van der Waals surface area contributed by atoms with E-state index >= 15 is 0 Å². The van der Waals surface area contributed by atoms with Gasteiger partial charge in [-0.15, -0.1) is 0 Å². The van der Waals surface area contributed by atoms with Crippen LogP contribution in [0.3, 0.4) is 0 Å². The maximum atomic E-state index is 5.96. The minimum absolute atomic E-state index is 0.390. The molecule has 1 fully saturated rings. The van der Waals surface area contributed by atoms with Gasteiger partial charge in [-0.25, -0.2) is 9.97 Å². The second-order valence-electron chi connectivity index (χ2n) is 5.66. The van der Waals surface area contributed by atoms with E-state index in [1.807, 2.05) is 18.2 Å². The number of hydrogen-bond acceptors (Lipinski definition) is 6. The van der Waals surface area contributed by atoms with E-state index in [2.05, 4.69) is 32.9 Å². The van der Waals surface area contributed by atoms with Crippen LogP contribution in [0.4, 0.5) is 0 Å². The van der Waals surface area contributed by atoms with Crippen molar-refractivity contribution in [1.29, 1.82) is 0 Å². The van der Waals surface area contributed by atoms with Gasteiger partial charge in [-0.3, -0.25) is 4.90 Å². The van der Waals surface area contributed by atoms with Gasteiger partial charge in [-0.2, -0.15) is 0 Å². The van der Waals surface area contributed by atoms with Crippen LogP contribution in [-0.4, -0.2) is 60.1 Å². The van der Waals surface area contributed by atoms with Gasteiger partial charge >= 0.3 is 0 Å². The molecule has 0 spiro atoms. The topological polar surface area (TPSA) is 50.7 Å². The molecular weight excluding hydrogens is 292 g/mol. The largest absolute Gasteiger partial charge is 0.477 e. The zero-order chi connectivity index (χ0) is 16.1. The van der Waals surface area contributed by atoms with Crippen LogP contribution in [0.2, 0.25) is 0 Å². The lowest BCUT2D eigenvalue weighted by Gasteiger charge is -2.32. The Bertz CT molecular complexity index is 642. The molecule has 0 unspecified atom stereocenters. The van der Waals surface area contributed by atoms with Crippen LogP contribution in [0.15, 0.2) is 36.7 Å². The van der Waals surface area contributed by atoms with Gasteiger partial charge < -0.3 is 14.4 Å². The summed E-state index contributed by atoms with van der Waals surface area (Å²) in [6.07, 6.45) is 3.18. The molecule has 1 aliphatic rings. The first kappa shape index (κ1) is 15.7. The maximum Gasteiger partial charge on any atom is 0.283 e. The van der Waals surface area contributed by atoms with E-state index in [0.717, 1.165) is 44.0 Å². The third-order valence-corrected chi connectivity index (χ3v) is 4.00. The Labute approximate surface area is 136 Å². The molecule has 0 aliphatic carbocycles. The average Bonchev–Trinajstić information content (AvgIpc) is 2.59. The van der Waals surface area contributed by atoms with Gasteiger partial charge in [-0.05, 0) is 13.1 Å². The Hall–Kier alpha value is -2.18. The summed E-state index contributed by atoms with van der Waals surface area (Å²) >= 11 is 0. The minimum atomic E-state index is 0.390. The predicted octanol–water partition coefficient (Wildman–Crippen LogP) is 2.02. The zero-order valence-corrected chi connectivity index (χ0v) is 13.6. The zero-order valence-electron chi connectivity index (χ0n) is 13.6. The molecule has 6 nitrogen and oxygen atoms in total. The van der Waals surface area contributed by atoms with Crippen molar-refractivity contribution in [2.75, 3.05) is 40.3 Å². The average molecular weight is 314 g/mol. The Kier molecular flexibility index (Phi) is 5.05. The van der Waals surface area contributed by atoms with Crippen molar-refractivity contribution in [3.05, 3.63) is 42.2 Å². The Morgan fingerprint density at radius 3 is 2.43 bits per heavy atom. The van der Waals surface area contributed by atoms with Crippen LogP contribution >= 0.6 is 0 Å². The Morgan fingerprint density at radius 2 is 1.70 bits per heavy atom. The van der Waals surface area contributed by atoms with E-state index in [1.54, 1.807) is 19.5 Å². The summed E-state index contributed by atoms with van der Waals surface area (Å²) in [7, 11) is 3.72. The standard InChI is InChI=1S/C17H22N4O2/c1-20-9-11-21(12-10-20)13-14-5-3-4-6-15(14)23-17-16(22-2)18-7-8-19-17/h3-8H,9-13H2,1-2H3. The van der Waals surface area contributed by atoms with E-state index in [4.69, 9.17) is 9.47 Å². The van der Waals surface area contributed by atoms with Crippen LogP contribution in [0.25, 0.3) is 0 Å². The molecule has 122 valence electrons. The second kappa shape index (κ2) is 7.39. The predicted molar refractivity (Wildman–Crippen MR) is 87.9 cm³/mol. The van der Waals surface area contributed by atoms with Crippen molar-refractivity contribution < 1.29 is 9.47 Å². The molecule has 1 saturated heterocycles. The van der Waals surface area contributed by atoms with Crippen LogP contribution in [0, 0.1) is 0 Å². The molecule has 1 aromatic heterocycles. The lowest BCUT2D eigenvalue weighted by Crippen LogP contribution is -2.43. The van der Waals surface area contributed by atoms with Crippen LogP contribution in [0.5, 0.6) is 17.5 Å². The fourth-order valence-corrected chi connectivity index (χ4v) is 2.61. The molecule has 0 saturated carbocycles. The molecule has 2 aromatic rings. The highest BCUT2D eigenvalue weighted by Gasteiger charge is 2.17. The molecule has 23 heavy (non-hydrogen) atoms. The fourth-order valence-electron chi connectivity index (χ4n) is 2.61. The SMILES string of the molecule is COc1nccnc1Oc1ccccc1CN1CCN(C)CC1. The smallest absolute Gasteiger partial charge is 0.283 e. The van der Waals surface area contributed by atoms with E-state index in [1.165, 1.54) is 0 Å². The summed E-state index contributed by atoms with van der Waals surface area (Å²) in [5, 5.41) is 0. The van der Waals surface area contributed by atoms with Crippen molar-refractivity contribution in [3.8, 4) is 17.5 Å². The highest BCUT2D eigenvalue weighted by atomic mass is 16.5. The van der Waals surface area contributed by atoms with Crippen molar-refractivity contribution >= 4 is 0 Å². The number of nitrogens with zero attached hydrogens (tertiary/aromatic N) is 4. The summed E-state index contributed by atoms with van der Waals surface area (Å²) in [5.41, 5.74) is 1.14. The number of rotatable bonds is 5. The first-order chi connectivity index (χ1) is 11.3. The van der Waals surface area contributed by atoms with Crippen molar-refractivity contribution in [2.24, 2.45) is 0 Å². The number of piperazine rings is 1. The van der Waals surface area contributed by atoms with Crippen molar-refractivity contribution in [2.45, 2.75) is 6.54 Å². The monoisotopic (exact) mass is 314 g/mol. The van der Waals surface area contributed by atoms with Gasteiger partial charge in [0.1, 0.15) is 5.75 Å². The van der Waals surface area contributed by atoms with Crippen LogP contribution < -0.4 is 9.47 Å². The second-order valence-corrected chi connectivity index (χ2v) is 5.66. The minimum Gasteiger partial charge on any atom is -0.477 e. The molecule has 1 aliphatic heterocycles. The highest BCUT2D eigenvalue weighted by Crippen LogP contribution is 2.29. The maximum absolute atomic E-state index is 5.96. The third-order valence-electron chi connectivity index (χ3n) is 4.00. The Balaban J connectivity index is 1.75. The molecule has 0 bridgehead atoms. The molecule has 0 radical (unpaired) electrons. The van der Waals surface area contributed by atoms with E-state index in [9.17, 15) is 0 Å². The molecule has 0 amide bonds. The summed E-state index contributed by atoms with van der Waals surface area (Å²) < 4.78 is 11.2. The van der Waals surface area contributed by atoms with Gasteiger partial charge in [0.2, 0.25) is 0 Å². The normalized spacial score (nSPS) is 16.3. The lowest BCUT2D eigenvalue weighted by atomic mass is 10.1. The van der Waals surface area contributed by atoms with Crippen LogP contribution in [-0.2, 0) is 6.54 Å². The number of methoxy groups -OCH3 is 1. The van der Waals surface area contributed by atoms with Gasteiger partial charge in [0.15, 0.2) is 0 Å². The van der Waals surface area contributed by atoms with Crippen LogP contribution in [0.1, 0.15) is 5.56 Å². The molecule has 1 aromatic carbocycles. The summed E-state index contributed by atoms with van der Waals surface area (Å²) in [5.74, 6) is 1.58. The van der Waals surface area contributed by atoms with Crippen molar-refractivity contribution in [1.82, 2.24) is 19.8 Å². The third kappa shape index (κ3) is 3.97. The van der Waals surface area contributed by atoms with Crippen molar-refractivity contribution in [3.63, 3.8) is 0 Å². The van der Waals surface area contributed by atoms with Gasteiger partial charge in [0, 0.05) is 50.7 Å². The number of para-hydroxylation sites is 1. The number of likely N-dealkylation sites (N-methyl/N-ethyl adjacent to an activating group) is 1. The number of ether oxygens (including phenoxy) is 2. The number of aromatic nitrogens is 2. The van der Waals surface area contributed by atoms with Gasteiger partial charge in [-0.1, -0.05) is 18.2 Å². The van der Waals surface area contributed by atoms with E-state index in [-0.39, 0.29) is 0 Å². The first-order valence-electron chi connectivity index (χ1n) is 7.78. The number of hydrogen-bond donors (Lipinski definition) is 0. The van der Waals surface area contributed by atoms with Gasteiger partial charge in [0.05, 0.1) is 7.11 Å². The van der Waals surface area contributed by atoms with Gasteiger partial charge in [0.25, 0.3) is 11.8 Å². The van der Waals surface area contributed by atoms with E-state index in [0.29, 0.717) is 11.8 Å². The first-order valence-corrected chi connectivity index (χ1v) is 7.78. The molecule has 0 atom stereocenters.